The fraction of sp³-hybridized carbons (Fsp3) is 0.667. The first-order chi connectivity index (χ1) is 10.1. The van der Waals surface area contributed by atoms with E-state index in [4.69, 9.17) is 4.52 Å². The molecule has 0 saturated heterocycles. The summed E-state index contributed by atoms with van der Waals surface area (Å²) in [5.41, 5.74) is -0.597. The van der Waals surface area contributed by atoms with E-state index in [9.17, 15) is 14.7 Å². The van der Waals surface area contributed by atoms with Crippen molar-refractivity contribution >= 4 is 17.6 Å². The maximum atomic E-state index is 12.2. The fourth-order valence-electron chi connectivity index (χ4n) is 1.84. The lowest BCUT2D eigenvalue weighted by Gasteiger charge is -2.26. The molecule has 0 aliphatic carbocycles. The Kier molecular flexibility index (Phi) is 6.11. The molecule has 7 nitrogen and oxygen atoms in total. The molecule has 0 aliphatic rings. The van der Waals surface area contributed by atoms with Crippen molar-refractivity contribution < 1.29 is 19.2 Å². The largest absolute Gasteiger partial charge is 0.383 e. The van der Waals surface area contributed by atoms with Crippen LogP contribution >= 0.6 is 0 Å². The zero-order valence-corrected chi connectivity index (χ0v) is 13.8. The van der Waals surface area contributed by atoms with Crippen LogP contribution < -0.4 is 10.6 Å². The van der Waals surface area contributed by atoms with Crippen molar-refractivity contribution in [2.45, 2.75) is 59.6 Å². The number of hydrogen-bond donors (Lipinski definition) is 3. The molecule has 0 spiro atoms. The normalized spacial score (nSPS) is 14.3. The average Bonchev–Trinajstić information content (AvgIpc) is 2.81. The molecule has 1 rings (SSSR count). The molecule has 3 N–H and O–H groups in total. The number of anilines is 1. The van der Waals surface area contributed by atoms with Gasteiger partial charge < -0.3 is 20.3 Å². The predicted octanol–water partition coefficient (Wildman–Crippen LogP) is 1.61. The highest BCUT2D eigenvalue weighted by atomic mass is 16.5. The number of aliphatic hydroxyl groups excluding tert-OH is 1. The van der Waals surface area contributed by atoms with Crippen LogP contribution in [0.1, 0.15) is 46.3 Å². The van der Waals surface area contributed by atoms with E-state index in [0.717, 1.165) is 0 Å². The Morgan fingerprint density at radius 2 is 2.00 bits per heavy atom. The molecule has 0 bridgehead atoms. The molecule has 2 amide bonds. The highest BCUT2D eigenvalue weighted by Gasteiger charge is 2.31. The number of nitrogens with one attached hydrogen (secondary N) is 2. The minimum atomic E-state index is -1.19. The molecular weight excluding hydrogens is 286 g/mol. The highest BCUT2D eigenvalue weighted by molar-refractivity contribution is 5.97. The first-order valence-corrected chi connectivity index (χ1v) is 7.37. The summed E-state index contributed by atoms with van der Waals surface area (Å²) < 4.78 is 4.88. The number of aliphatic hydroxyl groups is 1. The lowest BCUT2D eigenvalue weighted by Crippen LogP contribution is -2.50. The first kappa shape index (κ1) is 18.2. The number of aromatic nitrogens is 1. The van der Waals surface area contributed by atoms with Crippen LogP contribution in [0.2, 0.25) is 0 Å². The van der Waals surface area contributed by atoms with E-state index in [-0.39, 0.29) is 5.91 Å². The lowest BCUT2D eigenvalue weighted by atomic mass is 9.88. The van der Waals surface area contributed by atoms with Gasteiger partial charge in [-0.2, -0.15) is 0 Å². The number of hydrogen-bond acceptors (Lipinski definition) is 5. The number of carbonyl (C=O) groups excluding carboxylic acids is 2. The Morgan fingerprint density at radius 3 is 2.45 bits per heavy atom. The van der Waals surface area contributed by atoms with Gasteiger partial charge in [0.15, 0.2) is 5.82 Å². The Morgan fingerprint density at radius 1 is 1.36 bits per heavy atom. The number of aryl methyl sites for hydroxylation is 1. The van der Waals surface area contributed by atoms with Crippen molar-refractivity contribution in [1.29, 1.82) is 0 Å². The summed E-state index contributed by atoms with van der Waals surface area (Å²) in [6.45, 7) is 8.89. The summed E-state index contributed by atoms with van der Waals surface area (Å²) in [6.07, 6.45) is -0.0125. The molecule has 22 heavy (non-hydrogen) atoms. The van der Waals surface area contributed by atoms with E-state index in [2.05, 4.69) is 15.8 Å². The highest BCUT2D eigenvalue weighted by Crippen LogP contribution is 2.19. The van der Waals surface area contributed by atoms with Crippen LogP contribution in [0.5, 0.6) is 0 Å². The molecule has 1 aromatic heterocycles. The molecule has 2 unspecified atom stereocenters. The van der Waals surface area contributed by atoms with Gasteiger partial charge in [-0.25, -0.2) is 0 Å². The Hall–Kier alpha value is -1.89. The topological polar surface area (TPSA) is 104 Å². The molecular formula is C15H25N3O4. The maximum absolute atomic E-state index is 12.2. The van der Waals surface area contributed by atoms with Crippen molar-refractivity contribution in [3.63, 3.8) is 0 Å². The molecule has 0 fully saturated rings. The summed E-state index contributed by atoms with van der Waals surface area (Å²) in [6, 6.07) is 0.860. The van der Waals surface area contributed by atoms with Crippen LogP contribution in [0, 0.1) is 12.3 Å². The average molecular weight is 311 g/mol. The third kappa shape index (κ3) is 5.14. The summed E-state index contributed by atoms with van der Waals surface area (Å²) in [5, 5.41) is 18.8. The van der Waals surface area contributed by atoms with Gasteiger partial charge >= 0.3 is 0 Å². The van der Waals surface area contributed by atoms with E-state index >= 15 is 0 Å². The van der Waals surface area contributed by atoms with Gasteiger partial charge in [0.05, 0.1) is 0 Å². The third-order valence-corrected chi connectivity index (χ3v) is 3.16. The van der Waals surface area contributed by atoms with Crippen molar-refractivity contribution in [3.05, 3.63) is 11.8 Å². The van der Waals surface area contributed by atoms with Crippen molar-refractivity contribution in [3.8, 4) is 0 Å². The predicted molar refractivity (Wildman–Crippen MR) is 82.2 cm³/mol. The summed E-state index contributed by atoms with van der Waals surface area (Å²) in [4.78, 5) is 24.3. The molecule has 7 heteroatoms. The zero-order valence-electron chi connectivity index (χ0n) is 13.8. The Bertz CT molecular complexity index is 519. The minimum absolute atomic E-state index is 0.300. The maximum Gasteiger partial charge on any atom is 0.250 e. The summed E-state index contributed by atoms with van der Waals surface area (Å²) >= 11 is 0. The molecule has 0 aromatic carbocycles. The van der Waals surface area contributed by atoms with Gasteiger partial charge in [-0.3, -0.25) is 9.59 Å². The van der Waals surface area contributed by atoms with Crippen LogP contribution in [0.3, 0.4) is 0 Å². The molecule has 0 radical (unpaired) electrons. The summed E-state index contributed by atoms with van der Waals surface area (Å²) in [7, 11) is 0. The number of carbonyl (C=O) groups is 2. The van der Waals surface area contributed by atoms with Gasteiger partial charge in [0, 0.05) is 6.07 Å². The van der Waals surface area contributed by atoms with Gasteiger partial charge in [-0.15, -0.1) is 0 Å². The number of nitrogens with zero attached hydrogens (tertiary/aromatic N) is 1. The SMILES string of the molecule is CCCC(NC(=O)C(O)C(C)(C)C)C(=O)Nc1cc(C)on1. The van der Waals surface area contributed by atoms with E-state index in [1.807, 2.05) is 6.92 Å². The van der Waals surface area contributed by atoms with Gasteiger partial charge in [-0.05, 0) is 18.8 Å². The van der Waals surface area contributed by atoms with Crippen LogP contribution in [0.25, 0.3) is 0 Å². The second-order valence-corrected chi connectivity index (χ2v) is 6.43. The van der Waals surface area contributed by atoms with E-state index < -0.39 is 23.5 Å². The van der Waals surface area contributed by atoms with Gasteiger partial charge in [-0.1, -0.05) is 39.3 Å². The number of amides is 2. The monoisotopic (exact) mass is 311 g/mol. The second-order valence-electron chi connectivity index (χ2n) is 6.43. The van der Waals surface area contributed by atoms with Gasteiger partial charge in [0.25, 0.3) is 0 Å². The van der Waals surface area contributed by atoms with Crippen LogP contribution in [0.4, 0.5) is 5.82 Å². The molecule has 1 aromatic rings. The van der Waals surface area contributed by atoms with Gasteiger partial charge in [0.2, 0.25) is 11.8 Å². The Labute approximate surface area is 130 Å². The van der Waals surface area contributed by atoms with E-state index in [1.54, 1.807) is 33.8 Å². The second kappa shape index (κ2) is 7.40. The number of rotatable bonds is 6. The van der Waals surface area contributed by atoms with Crippen molar-refractivity contribution in [1.82, 2.24) is 10.5 Å². The molecule has 0 aliphatic heterocycles. The zero-order chi connectivity index (χ0) is 16.9. The first-order valence-electron chi connectivity index (χ1n) is 7.37. The smallest absolute Gasteiger partial charge is 0.250 e. The molecule has 0 saturated carbocycles. The third-order valence-electron chi connectivity index (χ3n) is 3.16. The van der Waals surface area contributed by atoms with E-state index in [0.29, 0.717) is 24.4 Å². The van der Waals surface area contributed by atoms with Crippen molar-refractivity contribution in [2.24, 2.45) is 5.41 Å². The van der Waals surface area contributed by atoms with Crippen LogP contribution in [-0.4, -0.2) is 34.2 Å². The van der Waals surface area contributed by atoms with Gasteiger partial charge in [0.1, 0.15) is 17.9 Å². The molecule has 2 atom stereocenters. The van der Waals surface area contributed by atoms with Crippen molar-refractivity contribution in [2.75, 3.05) is 5.32 Å². The van der Waals surface area contributed by atoms with Crippen LogP contribution in [0.15, 0.2) is 10.6 Å². The molecule has 124 valence electrons. The quantitative estimate of drug-likeness (QED) is 0.740. The fourth-order valence-corrected chi connectivity index (χ4v) is 1.84. The lowest BCUT2D eigenvalue weighted by molar-refractivity contribution is -0.137. The Balaban J connectivity index is 2.72. The standard InChI is InChI=1S/C15H25N3O4/c1-6-7-10(16-14(21)12(19)15(3,4)5)13(20)17-11-8-9(2)22-18-11/h8,10,12,19H,6-7H2,1-5H3,(H,16,21)(H,17,18,20). The van der Waals surface area contributed by atoms with Crippen LogP contribution in [-0.2, 0) is 9.59 Å². The molecule has 1 heterocycles. The minimum Gasteiger partial charge on any atom is -0.383 e. The van der Waals surface area contributed by atoms with E-state index in [1.165, 1.54) is 0 Å². The summed E-state index contributed by atoms with van der Waals surface area (Å²) in [5.74, 6) is -0.0641.